The first-order chi connectivity index (χ1) is 14.8. The minimum Gasteiger partial charge on any atom is -0.369 e. The zero-order valence-electron chi connectivity index (χ0n) is 17.1. The summed E-state index contributed by atoms with van der Waals surface area (Å²) in [5, 5.41) is 18.9. The SMILES string of the molecule is CC(=O)Nc1cccc(-c2c[nH]c(C=C3c4cc(NC(N)=O)ccc4NC3O)c2)c1C. The van der Waals surface area contributed by atoms with Crippen molar-refractivity contribution < 1.29 is 14.7 Å². The first kappa shape index (κ1) is 20.2. The molecule has 2 aromatic carbocycles. The van der Waals surface area contributed by atoms with Crippen LogP contribution >= 0.6 is 0 Å². The Morgan fingerprint density at radius 1 is 1.13 bits per heavy atom. The van der Waals surface area contributed by atoms with Gasteiger partial charge in [0.1, 0.15) is 0 Å². The van der Waals surface area contributed by atoms with Gasteiger partial charge in [-0.05, 0) is 54.5 Å². The lowest BCUT2D eigenvalue weighted by Gasteiger charge is -2.10. The summed E-state index contributed by atoms with van der Waals surface area (Å²) in [6.45, 7) is 3.44. The van der Waals surface area contributed by atoms with E-state index in [1.165, 1.54) is 6.92 Å². The van der Waals surface area contributed by atoms with E-state index in [1.807, 2.05) is 43.5 Å². The molecule has 31 heavy (non-hydrogen) atoms. The number of nitrogens with two attached hydrogens (primary N) is 1. The molecule has 1 unspecified atom stereocenters. The van der Waals surface area contributed by atoms with Crippen molar-refractivity contribution in [1.29, 1.82) is 0 Å². The summed E-state index contributed by atoms with van der Waals surface area (Å²) in [7, 11) is 0. The van der Waals surface area contributed by atoms with Gasteiger partial charge in [-0.1, -0.05) is 12.1 Å². The Hall–Kier alpha value is -4.04. The van der Waals surface area contributed by atoms with E-state index in [2.05, 4.69) is 20.9 Å². The van der Waals surface area contributed by atoms with Crippen molar-refractivity contribution >= 4 is 40.6 Å². The smallest absolute Gasteiger partial charge is 0.316 e. The number of aromatic amines is 1. The van der Waals surface area contributed by atoms with Crippen molar-refractivity contribution in [2.24, 2.45) is 5.73 Å². The first-order valence-electron chi connectivity index (χ1n) is 9.75. The van der Waals surface area contributed by atoms with Crippen LogP contribution in [0.2, 0.25) is 0 Å². The standard InChI is InChI=1S/C23H23N5O3/c1-12-17(4-3-5-20(12)26-13(2)29)14-8-16(25-11-14)10-19-18-9-15(27-23(24)31)6-7-21(18)28-22(19)30/h3-11,22,25,28,30H,1-2H3,(H,26,29)(H3,24,27,31). The van der Waals surface area contributed by atoms with Crippen LogP contribution in [0.1, 0.15) is 23.7 Å². The summed E-state index contributed by atoms with van der Waals surface area (Å²) in [6, 6.07) is 12.3. The number of rotatable bonds is 4. The Labute approximate surface area is 179 Å². The number of H-pyrrole nitrogens is 1. The van der Waals surface area contributed by atoms with Gasteiger partial charge in [-0.15, -0.1) is 0 Å². The topological polar surface area (TPSA) is 132 Å². The number of primary amides is 1. The number of carbonyl (C=O) groups is 2. The monoisotopic (exact) mass is 417 g/mol. The average Bonchev–Trinajstić information content (AvgIpc) is 3.28. The molecule has 0 spiro atoms. The largest absolute Gasteiger partial charge is 0.369 e. The van der Waals surface area contributed by atoms with Crippen molar-refractivity contribution in [2.45, 2.75) is 20.1 Å². The van der Waals surface area contributed by atoms with E-state index in [1.54, 1.807) is 18.2 Å². The minimum atomic E-state index is -0.879. The molecular formula is C23H23N5O3. The van der Waals surface area contributed by atoms with Crippen molar-refractivity contribution in [3.8, 4) is 11.1 Å². The van der Waals surface area contributed by atoms with Gasteiger partial charge in [-0.3, -0.25) is 4.79 Å². The predicted octanol–water partition coefficient (Wildman–Crippen LogP) is 3.72. The molecular weight excluding hydrogens is 394 g/mol. The number of aliphatic hydroxyl groups excluding tert-OH is 1. The number of urea groups is 1. The number of benzene rings is 2. The van der Waals surface area contributed by atoms with E-state index in [4.69, 9.17) is 5.73 Å². The number of anilines is 3. The van der Waals surface area contributed by atoms with Crippen molar-refractivity contribution in [2.75, 3.05) is 16.0 Å². The van der Waals surface area contributed by atoms with Crippen LogP contribution in [0.3, 0.4) is 0 Å². The number of amides is 3. The van der Waals surface area contributed by atoms with E-state index >= 15 is 0 Å². The number of hydrogen-bond donors (Lipinski definition) is 6. The van der Waals surface area contributed by atoms with Gasteiger partial charge in [-0.2, -0.15) is 0 Å². The molecule has 1 aliphatic rings. The minimum absolute atomic E-state index is 0.119. The molecule has 2 heterocycles. The molecule has 1 aliphatic heterocycles. The van der Waals surface area contributed by atoms with Gasteiger partial charge in [0.25, 0.3) is 0 Å². The second-order valence-corrected chi connectivity index (χ2v) is 7.40. The highest BCUT2D eigenvalue weighted by Crippen LogP contribution is 2.38. The molecule has 0 aliphatic carbocycles. The van der Waals surface area contributed by atoms with Crippen molar-refractivity contribution in [3.63, 3.8) is 0 Å². The molecule has 3 aromatic rings. The molecule has 0 saturated heterocycles. The highest BCUT2D eigenvalue weighted by Gasteiger charge is 2.25. The molecule has 0 fully saturated rings. The Balaban J connectivity index is 1.67. The van der Waals surface area contributed by atoms with E-state index in [9.17, 15) is 14.7 Å². The number of carbonyl (C=O) groups excluding carboxylic acids is 2. The predicted molar refractivity (Wildman–Crippen MR) is 122 cm³/mol. The maximum Gasteiger partial charge on any atom is 0.316 e. The molecule has 158 valence electrons. The molecule has 7 N–H and O–H groups in total. The Bertz CT molecular complexity index is 1210. The van der Waals surface area contributed by atoms with Crippen LogP contribution in [0.5, 0.6) is 0 Å². The second kappa shape index (κ2) is 8.00. The number of aliphatic hydroxyl groups is 1. The molecule has 3 amide bonds. The average molecular weight is 417 g/mol. The van der Waals surface area contributed by atoms with Crippen molar-refractivity contribution in [3.05, 3.63) is 65.5 Å². The van der Waals surface area contributed by atoms with Gasteiger partial charge < -0.3 is 31.8 Å². The normalized spacial score (nSPS) is 16.0. The van der Waals surface area contributed by atoms with E-state index in [-0.39, 0.29) is 5.91 Å². The van der Waals surface area contributed by atoms with E-state index in [0.29, 0.717) is 11.3 Å². The van der Waals surface area contributed by atoms with Gasteiger partial charge in [0, 0.05) is 52.6 Å². The molecule has 1 atom stereocenters. The summed E-state index contributed by atoms with van der Waals surface area (Å²) in [6.07, 6.45) is 2.86. The number of fused-ring (bicyclic) bond motifs is 1. The van der Waals surface area contributed by atoms with Gasteiger partial charge >= 0.3 is 6.03 Å². The van der Waals surface area contributed by atoms with Crippen LogP contribution in [-0.2, 0) is 4.79 Å². The fraction of sp³-hybridized carbons (Fsp3) is 0.130. The fourth-order valence-corrected chi connectivity index (χ4v) is 3.75. The van der Waals surface area contributed by atoms with Gasteiger partial charge in [0.05, 0.1) is 0 Å². The summed E-state index contributed by atoms with van der Waals surface area (Å²) in [5.41, 5.74) is 12.4. The zero-order valence-corrected chi connectivity index (χ0v) is 17.1. The Morgan fingerprint density at radius 2 is 1.94 bits per heavy atom. The van der Waals surface area contributed by atoms with Gasteiger partial charge in [0.2, 0.25) is 5.91 Å². The first-order valence-corrected chi connectivity index (χ1v) is 9.75. The maximum absolute atomic E-state index is 11.4. The van der Waals surface area contributed by atoms with Crippen LogP contribution in [0, 0.1) is 6.92 Å². The molecule has 0 saturated carbocycles. The number of hydrogen-bond acceptors (Lipinski definition) is 4. The lowest BCUT2D eigenvalue weighted by molar-refractivity contribution is -0.114. The second-order valence-electron chi connectivity index (χ2n) is 7.40. The van der Waals surface area contributed by atoms with Crippen LogP contribution in [0.4, 0.5) is 21.9 Å². The fourth-order valence-electron chi connectivity index (χ4n) is 3.75. The molecule has 0 bridgehead atoms. The molecule has 0 radical (unpaired) electrons. The number of aromatic nitrogens is 1. The third-order valence-electron chi connectivity index (χ3n) is 5.16. The Morgan fingerprint density at radius 3 is 2.68 bits per heavy atom. The Kier molecular flexibility index (Phi) is 5.22. The lowest BCUT2D eigenvalue weighted by atomic mass is 10.0. The maximum atomic E-state index is 11.4. The van der Waals surface area contributed by atoms with Gasteiger partial charge in [0.15, 0.2) is 6.23 Å². The van der Waals surface area contributed by atoms with Gasteiger partial charge in [-0.25, -0.2) is 4.79 Å². The van der Waals surface area contributed by atoms with Crippen LogP contribution in [-0.4, -0.2) is 28.3 Å². The van der Waals surface area contributed by atoms with Crippen LogP contribution in [0.25, 0.3) is 22.8 Å². The highest BCUT2D eigenvalue weighted by atomic mass is 16.3. The summed E-state index contributed by atoms with van der Waals surface area (Å²) >= 11 is 0. The summed E-state index contributed by atoms with van der Waals surface area (Å²) in [4.78, 5) is 25.8. The van der Waals surface area contributed by atoms with Crippen molar-refractivity contribution in [1.82, 2.24) is 4.98 Å². The van der Waals surface area contributed by atoms with Crippen LogP contribution < -0.4 is 21.7 Å². The molecule has 1 aromatic heterocycles. The van der Waals surface area contributed by atoms with Crippen LogP contribution in [0.15, 0.2) is 48.7 Å². The summed E-state index contributed by atoms with van der Waals surface area (Å²) in [5.74, 6) is -0.119. The quantitative estimate of drug-likeness (QED) is 0.386. The molecule has 4 rings (SSSR count). The van der Waals surface area contributed by atoms with E-state index in [0.717, 1.165) is 39.3 Å². The number of nitrogens with one attached hydrogen (secondary N) is 4. The highest BCUT2D eigenvalue weighted by molar-refractivity contribution is 5.97. The zero-order chi connectivity index (χ0) is 22.1. The molecule has 8 nitrogen and oxygen atoms in total. The summed E-state index contributed by atoms with van der Waals surface area (Å²) < 4.78 is 0. The van der Waals surface area contributed by atoms with E-state index < -0.39 is 12.3 Å². The third kappa shape index (κ3) is 4.15. The lowest BCUT2D eigenvalue weighted by Crippen LogP contribution is -2.19. The third-order valence-corrected chi connectivity index (χ3v) is 5.16. The molecule has 8 heteroatoms.